The number of methoxy groups -OCH3 is 2. The maximum atomic E-state index is 10.7. The summed E-state index contributed by atoms with van der Waals surface area (Å²) in [5.41, 5.74) is 0. The molecule has 0 spiro atoms. The summed E-state index contributed by atoms with van der Waals surface area (Å²) in [7, 11) is 2.78. The van der Waals surface area contributed by atoms with Crippen LogP contribution in [-0.4, -0.2) is 59.2 Å². The first-order valence-corrected chi connectivity index (χ1v) is 9.90. The molecular formula is C12H20O8Sn. The van der Waals surface area contributed by atoms with Crippen molar-refractivity contribution in [2.75, 3.05) is 14.2 Å². The number of rotatable bonds is 6. The minimum absolute atomic E-state index is 0.154. The fourth-order valence-corrected chi connectivity index (χ4v) is 3.60. The van der Waals surface area contributed by atoms with Crippen LogP contribution in [-0.2, 0) is 28.7 Å². The third-order valence-corrected chi connectivity index (χ3v) is 4.91. The van der Waals surface area contributed by atoms with Crippen LogP contribution in [0.3, 0.4) is 0 Å². The fourth-order valence-electron chi connectivity index (χ4n) is 0.710. The van der Waals surface area contributed by atoms with E-state index in [0.29, 0.717) is 12.8 Å². The number of carbonyl (C=O) groups excluding carboxylic acids is 4. The zero-order chi connectivity index (χ0) is 17.3. The van der Waals surface area contributed by atoms with Gasteiger partial charge in [-0.15, -0.1) is 0 Å². The molecule has 0 fully saturated rings. The third kappa shape index (κ3) is 45.6. The quantitative estimate of drug-likeness (QED) is 0.283. The van der Waals surface area contributed by atoms with Gasteiger partial charge in [-0.05, 0) is 13.8 Å². The van der Waals surface area contributed by atoms with Gasteiger partial charge in [-0.1, -0.05) is 0 Å². The van der Waals surface area contributed by atoms with Gasteiger partial charge in [-0.25, -0.2) is 0 Å². The van der Waals surface area contributed by atoms with E-state index < -0.39 is 33.1 Å². The van der Waals surface area contributed by atoms with Gasteiger partial charge in [-0.2, -0.15) is 0 Å². The average Bonchev–Trinajstić information content (AvgIpc) is 2.36. The first kappa shape index (κ1) is 24.7. The summed E-state index contributed by atoms with van der Waals surface area (Å²) in [6, 6.07) is 0. The fraction of sp³-hybridized carbons (Fsp3) is 0.667. The van der Waals surface area contributed by atoms with E-state index in [-0.39, 0.29) is 11.9 Å². The molecule has 0 radical (unpaired) electrons. The summed E-state index contributed by atoms with van der Waals surface area (Å²) >= 11 is -0.551. The molecule has 0 aromatic heterocycles. The molecule has 0 atom stereocenters. The van der Waals surface area contributed by atoms with Gasteiger partial charge in [0.1, 0.15) is 0 Å². The summed E-state index contributed by atoms with van der Waals surface area (Å²) in [6.45, 7) is 1.94. The van der Waals surface area contributed by atoms with Crippen molar-refractivity contribution in [2.24, 2.45) is 0 Å². The Hall–Kier alpha value is -1.32. The normalized spacial score (nSPS) is 7.81. The molecule has 21 heavy (non-hydrogen) atoms. The molecule has 0 aliphatic rings. The SMILES string of the molecule is CC(=O)[O-].CC(=O)[O-].COC(=O)C[CH2][Sn+2][CH2]CC(=O)OC. The Morgan fingerprint density at radius 3 is 1.24 bits per heavy atom. The molecule has 0 rings (SSSR count). The van der Waals surface area contributed by atoms with Gasteiger partial charge in [0.15, 0.2) is 0 Å². The summed E-state index contributed by atoms with van der Waals surface area (Å²) < 4.78 is 10.9. The summed E-state index contributed by atoms with van der Waals surface area (Å²) in [4.78, 5) is 39.1. The van der Waals surface area contributed by atoms with Crippen LogP contribution in [0.2, 0.25) is 8.87 Å². The molecule has 0 aromatic rings. The van der Waals surface area contributed by atoms with E-state index in [1.165, 1.54) is 14.2 Å². The van der Waals surface area contributed by atoms with Crippen LogP contribution in [0.15, 0.2) is 0 Å². The number of aliphatic carboxylic acids is 2. The number of carboxylic acid groups (broad SMARTS) is 2. The molecule has 120 valence electrons. The van der Waals surface area contributed by atoms with Gasteiger partial charge in [0.25, 0.3) is 0 Å². The van der Waals surface area contributed by atoms with Crippen LogP contribution < -0.4 is 10.2 Å². The van der Waals surface area contributed by atoms with E-state index >= 15 is 0 Å². The monoisotopic (exact) mass is 412 g/mol. The summed E-state index contributed by atoms with van der Waals surface area (Å²) in [6.07, 6.45) is 1.01. The van der Waals surface area contributed by atoms with Crippen molar-refractivity contribution in [3.63, 3.8) is 0 Å². The van der Waals surface area contributed by atoms with E-state index in [4.69, 9.17) is 19.8 Å². The van der Waals surface area contributed by atoms with Crippen molar-refractivity contribution in [2.45, 2.75) is 35.6 Å². The Balaban J connectivity index is -0.000000334. The number of carbonyl (C=O) groups is 4. The van der Waals surface area contributed by atoms with Crippen molar-refractivity contribution in [3.8, 4) is 0 Å². The minimum atomic E-state index is -1.08. The van der Waals surface area contributed by atoms with Gasteiger partial charge in [-0.3, -0.25) is 0 Å². The summed E-state index contributed by atoms with van der Waals surface area (Å²) in [5.74, 6) is -2.47. The van der Waals surface area contributed by atoms with Crippen molar-refractivity contribution >= 4 is 45.0 Å². The molecule has 0 amide bonds. The molecule has 0 aliphatic carbocycles. The Labute approximate surface area is 134 Å². The molecule has 0 saturated heterocycles. The number of hydrogen-bond donors (Lipinski definition) is 0. The van der Waals surface area contributed by atoms with Gasteiger partial charge in [0.2, 0.25) is 0 Å². The molecule has 0 unspecified atom stereocenters. The predicted molar refractivity (Wildman–Crippen MR) is 70.0 cm³/mol. The Morgan fingerprint density at radius 2 is 1.05 bits per heavy atom. The predicted octanol–water partition coefficient (Wildman–Crippen LogP) is -1.83. The molecule has 8 nitrogen and oxygen atoms in total. The van der Waals surface area contributed by atoms with E-state index in [2.05, 4.69) is 9.47 Å². The van der Waals surface area contributed by atoms with E-state index in [0.717, 1.165) is 22.7 Å². The first-order chi connectivity index (χ1) is 9.67. The standard InChI is InChI=1S/2C4H7O2.2C2H4O2.Sn/c2*1-3-4(5)6-2;2*1-2(3)4;/h2*1,3H2,2H3;2*1H3,(H,3,4);/q;;;;+2/p-2. The Morgan fingerprint density at radius 1 is 0.810 bits per heavy atom. The molecule has 0 aromatic carbocycles. The second-order valence-corrected chi connectivity index (χ2v) is 7.67. The van der Waals surface area contributed by atoms with Gasteiger partial charge in [0.05, 0.1) is 0 Å². The van der Waals surface area contributed by atoms with Crippen LogP contribution in [0.4, 0.5) is 0 Å². The Bertz CT molecular complexity index is 278. The average molecular weight is 411 g/mol. The van der Waals surface area contributed by atoms with Crippen LogP contribution in [0.25, 0.3) is 0 Å². The number of ether oxygens (including phenoxy) is 2. The van der Waals surface area contributed by atoms with Crippen LogP contribution in [0.1, 0.15) is 26.7 Å². The molecule has 9 heteroatoms. The summed E-state index contributed by atoms with van der Waals surface area (Å²) in [5, 5.41) is 17.8. The molecule has 0 aliphatic heterocycles. The number of carboxylic acids is 2. The number of esters is 2. The van der Waals surface area contributed by atoms with E-state index in [9.17, 15) is 9.59 Å². The van der Waals surface area contributed by atoms with Crippen molar-refractivity contribution in [1.29, 1.82) is 0 Å². The van der Waals surface area contributed by atoms with Crippen molar-refractivity contribution < 1.29 is 38.9 Å². The second-order valence-electron chi connectivity index (χ2n) is 3.39. The Kier molecular flexibility index (Phi) is 22.0. The number of hydrogen-bond acceptors (Lipinski definition) is 8. The molecule has 0 heterocycles. The van der Waals surface area contributed by atoms with E-state index in [1.54, 1.807) is 0 Å². The van der Waals surface area contributed by atoms with Gasteiger partial charge in [0, 0.05) is 11.9 Å². The van der Waals surface area contributed by atoms with Crippen LogP contribution in [0.5, 0.6) is 0 Å². The van der Waals surface area contributed by atoms with Crippen LogP contribution >= 0.6 is 0 Å². The van der Waals surface area contributed by atoms with Gasteiger partial charge < -0.3 is 19.8 Å². The van der Waals surface area contributed by atoms with Crippen molar-refractivity contribution in [1.82, 2.24) is 0 Å². The first-order valence-electron chi connectivity index (χ1n) is 5.86. The van der Waals surface area contributed by atoms with Crippen LogP contribution in [0, 0.1) is 0 Å². The zero-order valence-corrected chi connectivity index (χ0v) is 15.4. The second kappa shape index (κ2) is 18.7. The molecule has 0 bridgehead atoms. The topological polar surface area (TPSA) is 133 Å². The van der Waals surface area contributed by atoms with Crippen molar-refractivity contribution in [3.05, 3.63) is 0 Å². The third-order valence-electron chi connectivity index (χ3n) is 1.47. The molecule has 0 N–H and O–H groups in total. The molecule has 0 saturated carbocycles. The maximum absolute atomic E-state index is 10.7. The zero-order valence-electron chi connectivity index (χ0n) is 12.6. The van der Waals surface area contributed by atoms with E-state index in [1.807, 2.05) is 0 Å². The molecular weight excluding hydrogens is 391 g/mol. The van der Waals surface area contributed by atoms with Gasteiger partial charge >= 0.3 is 88.1 Å².